The van der Waals surface area contributed by atoms with E-state index in [0.29, 0.717) is 11.7 Å². The first-order valence-corrected chi connectivity index (χ1v) is 7.19. The van der Waals surface area contributed by atoms with E-state index in [4.69, 9.17) is 4.74 Å². The third-order valence-corrected chi connectivity index (χ3v) is 4.43. The van der Waals surface area contributed by atoms with Crippen molar-refractivity contribution in [3.63, 3.8) is 0 Å². The number of tetrazole rings is 1. The van der Waals surface area contributed by atoms with Crippen LogP contribution in [0.25, 0.3) is 0 Å². The van der Waals surface area contributed by atoms with Gasteiger partial charge in [0.2, 0.25) is 0 Å². The standard InChI is InChI=1S/C13H20N4O2/c1-2-5-17-12(14-15-16-17)8-19-13(18)11-7-9-3-4-10(11)6-9/h9-11H,2-8H2,1H3. The first-order chi connectivity index (χ1) is 9.28. The van der Waals surface area contributed by atoms with Crippen LogP contribution >= 0.6 is 0 Å². The Bertz CT molecular complexity index is 459. The molecule has 2 saturated carbocycles. The smallest absolute Gasteiger partial charge is 0.309 e. The van der Waals surface area contributed by atoms with Crippen molar-refractivity contribution >= 4 is 5.97 Å². The molecule has 0 spiro atoms. The molecule has 2 aliphatic carbocycles. The van der Waals surface area contributed by atoms with Gasteiger partial charge in [0.05, 0.1) is 5.92 Å². The van der Waals surface area contributed by atoms with Crippen LogP contribution in [0.2, 0.25) is 0 Å². The fourth-order valence-corrected chi connectivity index (χ4v) is 3.49. The van der Waals surface area contributed by atoms with Gasteiger partial charge in [-0.2, -0.15) is 0 Å². The number of aryl methyl sites for hydroxylation is 1. The molecule has 0 aromatic carbocycles. The maximum Gasteiger partial charge on any atom is 0.309 e. The summed E-state index contributed by atoms with van der Waals surface area (Å²) in [5.41, 5.74) is 0. The van der Waals surface area contributed by atoms with Crippen molar-refractivity contribution in [3.8, 4) is 0 Å². The Morgan fingerprint density at radius 3 is 3.00 bits per heavy atom. The van der Waals surface area contributed by atoms with Gasteiger partial charge in [-0.15, -0.1) is 5.10 Å². The van der Waals surface area contributed by atoms with E-state index >= 15 is 0 Å². The van der Waals surface area contributed by atoms with Crippen LogP contribution in [0.4, 0.5) is 0 Å². The van der Waals surface area contributed by atoms with Crippen molar-refractivity contribution in [2.45, 2.75) is 52.2 Å². The molecule has 0 aliphatic heterocycles. The monoisotopic (exact) mass is 264 g/mol. The van der Waals surface area contributed by atoms with Crippen LogP contribution < -0.4 is 0 Å². The minimum absolute atomic E-state index is 0.0572. The van der Waals surface area contributed by atoms with E-state index in [2.05, 4.69) is 22.4 Å². The maximum atomic E-state index is 12.1. The lowest BCUT2D eigenvalue weighted by molar-refractivity contribution is -0.152. The number of nitrogens with zero attached hydrogens (tertiary/aromatic N) is 4. The number of carbonyl (C=O) groups excluding carboxylic acids is 1. The molecule has 0 saturated heterocycles. The number of rotatable bonds is 5. The summed E-state index contributed by atoms with van der Waals surface area (Å²) >= 11 is 0. The third kappa shape index (κ3) is 2.48. The second-order valence-electron chi connectivity index (χ2n) is 5.71. The summed E-state index contributed by atoms with van der Waals surface area (Å²) in [7, 11) is 0. The predicted molar refractivity (Wildman–Crippen MR) is 66.8 cm³/mol. The van der Waals surface area contributed by atoms with Crippen molar-refractivity contribution < 1.29 is 9.53 Å². The molecule has 0 N–H and O–H groups in total. The van der Waals surface area contributed by atoms with Crippen LogP contribution in [-0.4, -0.2) is 26.2 Å². The molecule has 3 atom stereocenters. The van der Waals surface area contributed by atoms with Crippen LogP contribution in [0, 0.1) is 17.8 Å². The van der Waals surface area contributed by atoms with E-state index in [1.165, 1.54) is 19.3 Å². The highest BCUT2D eigenvalue weighted by molar-refractivity contribution is 5.73. The molecule has 1 aromatic heterocycles. The largest absolute Gasteiger partial charge is 0.457 e. The van der Waals surface area contributed by atoms with Gasteiger partial charge >= 0.3 is 5.97 Å². The van der Waals surface area contributed by atoms with Crippen molar-refractivity contribution in [3.05, 3.63) is 5.82 Å². The molecule has 2 aliphatic rings. The van der Waals surface area contributed by atoms with Crippen molar-refractivity contribution in [2.75, 3.05) is 0 Å². The number of ether oxygens (including phenoxy) is 1. The SMILES string of the molecule is CCCn1nnnc1COC(=O)C1CC2CCC1C2. The van der Waals surface area contributed by atoms with E-state index in [1.807, 2.05) is 0 Å². The molecule has 1 aromatic rings. The summed E-state index contributed by atoms with van der Waals surface area (Å²) in [4.78, 5) is 12.1. The predicted octanol–water partition coefficient (Wildman–Crippen LogP) is 1.56. The Morgan fingerprint density at radius 1 is 1.42 bits per heavy atom. The number of esters is 1. The van der Waals surface area contributed by atoms with Crippen molar-refractivity contribution in [2.24, 2.45) is 17.8 Å². The Morgan fingerprint density at radius 2 is 2.32 bits per heavy atom. The lowest BCUT2D eigenvalue weighted by Gasteiger charge is -2.19. The lowest BCUT2D eigenvalue weighted by atomic mass is 9.89. The number of aromatic nitrogens is 4. The number of hydrogen-bond donors (Lipinski definition) is 0. The Hall–Kier alpha value is -1.46. The van der Waals surface area contributed by atoms with Gasteiger partial charge in [0.25, 0.3) is 0 Å². The average molecular weight is 264 g/mol. The molecule has 6 nitrogen and oxygen atoms in total. The third-order valence-electron chi connectivity index (χ3n) is 4.43. The molecule has 3 rings (SSSR count). The van der Waals surface area contributed by atoms with Gasteiger partial charge in [-0.25, -0.2) is 4.68 Å². The molecule has 2 fully saturated rings. The van der Waals surface area contributed by atoms with Gasteiger partial charge in [-0.05, 0) is 47.9 Å². The van der Waals surface area contributed by atoms with Gasteiger partial charge in [0, 0.05) is 6.54 Å². The summed E-state index contributed by atoms with van der Waals surface area (Å²) < 4.78 is 7.11. The van der Waals surface area contributed by atoms with Gasteiger partial charge in [-0.1, -0.05) is 13.3 Å². The highest BCUT2D eigenvalue weighted by Gasteiger charge is 2.43. The molecular weight excluding hydrogens is 244 g/mol. The molecule has 104 valence electrons. The topological polar surface area (TPSA) is 69.9 Å². The molecule has 0 radical (unpaired) electrons. The van der Waals surface area contributed by atoms with E-state index in [-0.39, 0.29) is 18.5 Å². The maximum absolute atomic E-state index is 12.1. The zero-order valence-electron chi connectivity index (χ0n) is 11.3. The van der Waals surface area contributed by atoms with E-state index in [1.54, 1.807) is 4.68 Å². The Balaban J connectivity index is 1.54. The zero-order chi connectivity index (χ0) is 13.2. The first kappa shape index (κ1) is 12.6. The quantitative estimate of drug-likeness (QED) is 0.755. The second kappa shape index (κ2) is 5.27. The molecule has 6 heteroatoms. The summed E-state index contributed by atoms with van der Waals surface area (Å²) in [5.74, 6) is 2.02. The van der Waals surface area contributed by atoms with Crippen LogP contribution in [-0.2, 0) is 22.7 Å². The van der Waals surface area contributed by atoms with Crippen LogP contribution in [0.1, 0.15) is 44.9 Å². The molecule has 2 bridgehead atoms. The fourth-order valence-electron chi connectivity index (χ4n) is 3.49. The normalized spacial score (nSPS) is 28.8. The molecular formula is C13H20N4O2. The zero-order valence-corrected chi connectivity index (χ0v) is 11.3. The first-order valence-electron chi connectivity index (χ1n) is 7.19. The molecule has 1 heterocycles. The van der Waals surface area contributed by atoms with E-state index in [0.717, 1.165) is 25.3 Å². The Labute approximate surface area is 112 Å². The van der Waals surface area contributed by atoms with Gasteiger partial charge in [-0.3, -0.25) is 4.79 Å². The highest BCUT2D eigenvalue weighted by Crippen LogP contribution is 2.48. The number of hydrogen-bond acceptors (Lipinski definition) is 5. The average Bonchev–Trinajstić information content (AvgIpc) is 3.12. The second-order valence-corrected chi connectivity index (χ2v) is 5.71. The van der Waals surface area contributed by atoms with E-state index in [9.17, 15) is 4.79 Å². The van der Waals surface area contributed by atoms with Gasteiger partial charge in [0.1, 0.15) is 0 Å². The van der Waals surface area contributed by atoms with Crippen LogP contribution in [0.3, 0.4) is 0 Å². The number of fused-ring (bicyclic) bond motifs is 2. The summed E-state index contributed by atoms with van der Waals surface area (Å²) in [6.45, 7) is 3.01. The highest BCUT2D eigenvalue weighted by atomic mass is 16.5. The van der Waals surface area contributed by atoms with Crippen molar-refractivity contribution in [1.82, 2.24) is 20.2 Å². The fraction of sp³-hybridized carbons (Fsp3) is 0.846. The minimum Gasteiger partial charge on any atom is -0.457 e. The number of carbonyl (C=O) groups is 1. The van der Waals surface area contributed by atoms with Crippen LogP contribution in [0.5, 0.6) is 0 Å². The van der Waals surface area contributed by atoms with E-state index < -0.39 is 0 Å². The molecule has 0 amide bonds. The lowest BCUT2D eigenvalue weighted by Crippen LogP contribution is -2.23. The summed E-state index contributed by atoms with van der Waals surface area (Å²) in [6.07, 6.45) is 5.68. The van der Waals surface area contributed by atoms with Gasteiger partial charge < -0.3 is 4.74 Å². The summed E-state index contributed by atoms with van der Waals surface area (Å²) in [5, 5.41) is 11.4. The van der Waals surface area contributed by atoms with Crippen molar-refractivity contribution in [1.29, 1.82) is 0 Å². The van der Waals surface area contributed by atoms with Crippen LogP contribution in [0.15, 0.2) is 0 Å². The summed E-state index contributed by atoms with van der Waals surface area (Å²) in [6, 6.07) is 0. The molecule has 19 heavy (non-hydrogen) atoms. The minimum atomic E-state index is -0.0572. The van der Waals surface area contributed by atoms with Gasteiger partial charge in [0.15, 0.2) is 12.4 Å². The molecule has 3 unspecified atom stereocenters. The Kier molecular flexibility index (Phi) is 3.48.